The van der Waals surface area contributed by atoms with Gasteiger partial charge in [-0.2, -0.15) is 0 Å². The van der Waals surface area contributed by atoms with Crippen LogP contribution in [-0.2, 0) is 11.3 Å². The van der Waals surface area contributed by atoms with Gasteiger partial charge in [0.2, 0.25) is 5.91 Å². The van der Waals surface area contributed by atoms with Crippen LogP contribution in [-0.4, -0.2) is 18.4 Å². The number of nitrogens with one attached hydrogen (secondary N) is 2. The molecular weight excluding hydrogens is 434 g/mol. The van der Waals surface area contributed by atoms with Crippen LogP contribution < -0.4 is 10.6 Å². The molecule has 8 heteroatoms. The van der Waals surface area contributed by atoms with E-state index in [2.05, 4.69) is 26.6 Å². The fourth-order valence-electron chi connectivity index (χ4n) is 2.42. The molecule has 3 rings (SSSR count). The number of halogens is 3. The Bertz CT molecular complexity index is 1000. The van der Waals surface area contributed by atoms with Gasteiger partial charge in [-0.1, -0.05) is 28.1 Å². The standard InChI is InChI=1S/C20H15BrF2N2O3/c21-13-3-1-12(2-4-13)18-8-6-15(28-18)10-24-19(26)11-25-20(27)16-7-5-14(22)9-17(16)23/h1-9H,10-11H2,(H,24,26)(H,25,27). The number of benzene rings is 2. The number of hydrogen-bond donors (Lipinski definition) is 2. The molecule has 0 unspecified atom stereocenters. The van der Waals surface area contributed by atoms with Crippen molar-refractivity contribution in [3.8, 4) is 11.3 Å². The zero-order chi connectivity index (χ0) is 20.1. The predicted molar refractivity (Wildman–Crippen MR) is 102 cm³/mol. The van der Waals surface area contributed by atoms with Crippen LogP contribution in [0, 0.1) is 11.6 Å². The van der Waals surface area contributed by atoms with Gasteiger partial charge in [0.1, 0.15) is 23.2 Å². The van der Waals surface area contributed by atoms with E-state index in [0.29, 0.717) is 17.6 Å². The van der Waals surface area contributed by atoms with E-state index in [1.165, 1.54) is 0 Å². The highest BCUT2D eigenvalue weighted by Crippen LogP contribution is 2.23. The summed E-state index contributed by atoms with van der Waals surface area (Å²) in [5.41, 5.74) is 0.564. The van der Waals surface area contributed by atoms with Crippen LogP contribution in [0.5, 0.6) is 0 Å². The average Bonchev–Trinajstić information content (AvgIpc) is 3.14. The van der Waals surface area contributed by atoms with Crippen LogP contribution in [0.3, 0.4) is 0 Å². The van der Waals surface area contributed by atoms with Crippen molar-refractivity contribution >= 4 is 27.7 Å². The van der Waals surface area contributed by atoms with E-state index in [1.54, 1.807) is 12.1 Å². The molecule has 0 aliphatic rings. The largest absolute Gasteiger partial charge is 0.459 e. The summed E-state index contributed by atoms with van der Waals surface area (Å²) in [6.45, 7) is -0.216. The molecule has 5 nitrogen and oxygen atoms in total. The monoisotopic (exact) mass is 448 g/mol. The lowest BCUT2D eigenvalue weighted by atomic mass is 10.2. The summed E-state index contributed by atoms with van der Waals surface area (Å²) in [6.07, 6.45) is 0. The first-order valence-electron chi connectivity index (χ1n) is 8.27. The third-order valence-electron chi connectivity index (χ3n) is 3.84. The predicted octanol–water partition coefficient (Wildman–Crippen LogP) is 4.03. The van der Waals surface area contributed by atoms with Gasteiger partial charge in [-0.05, 0) is 36.4 Å². The van der Waals surface area contributed by atoms with Gasteiger partial charge < -0.3 is 15.1 Å². The Kier molecular flexibility index (Phi) is 6.20. The molecule has 0 aliphatic carbocycles. The lowest BCUT2D eigenvalue weighted by molar-refractivity contribution is -0.120. The lowest BCUT2D eigenvalue weighted by Gasteiger charge is -2.07. The fraction of sp³-hybridized carbons (Fsp3) is 0.100. The van der Waals surface area contributed by atoms with Crippen LogP contribution in [0.25, 0.3) is 11.3 Å². The van der Waals surface area contributed by atoms with E-state index in [9.17, 15) is 18.4 Å². The molecule has 2 aromatic carbocycles. The average molecular weight is 449 g/mol. The molecule has 1 heterocycles. The van der Waals surface area contributed by atoms with Crippen LogP contribution >= 0.6 is 15.9 Å². The second-order valence-electron chi connectivity index (χ2n) is 5.86. The van der Waals surface area contributed by atoms with Crippen molar-refractivity contribution in [2.75, 3.05) is 6.54 Å². The molecule has 0 fully saturated rings. The highest BCUT2D eigenvalue weighted by molar-refractivity contribution is 9.10. The maximum absolute atomic E-state index is 13.5. The molecule has 0 spiro atoms. The highest BCUT2D eigenvalue weighted by atomic mass is 79.9. The molecule has 0 radical (unpaired) electrons. The van der Waals surface area contributed by atoms with Crippen LogP contribution in [0.1, 0.15) is 16.1 Å². The van der Waals surface area contributed by atoms with E-state index in [1.807, 2.05) is 24.3 Å². The number of furan rings is 1. The van der Waals surface area contributed by atoms with E-state index < -0.39 is 23.4 Å². The third-order valence-corrected chi connectivity index (χ3v) is 4.36. The van der Waals surface area contributed by atoms with E-state index in [-0.39, 0.29) is 18.7 Å². The fourth-order valence-corrected chi connectivity index (χ4v) is 2.68. The van der Waals surface area contributed by atoms with Gasteiger partial charge in [-0.15, -0.1) is 0 Å². The minimum absolute atomic E-state index is 0.135. The van der Waals surface area contributed by atoms with Crippen LogP contribution in [0.2, 0.25) is 0 Å². The molecule has 0 aliphatic heterocycles. The zero-order valence-corrected chi connectivity index (χ0v) is 16.1. The molecule has 0 saturated heterocycles. The summed E-state index contributed by atoms with van der Waals surface area (Å²) in [5.74, 6) is -1.85. The Morgan fingerprint density at radius 3 is 2.43 bits per heavy atom. The van der Waals surface area contributed by atoms with Crippen molar-refractivity contribution in [2.45, 2.75) is 6.54 Å². The normalized spacial score (nSPS) is 10.5. The van der Waals surface area contributed by atoms with Crippen molar-refractivity contribution in [1.82, 2.24) is 10.6 Å². The Morgan fingerprint density at radius 2 is 1.71 bits per heavy atom. The summed E-state index contributed by atoms with van der Waals surface area (Å²) >= 11 is 3.37. The van der Waals surface area contributed by atoms with Gasteiger partial charge in [0.05, 0.1) is 18.7 Å². The first-order chi connectivity index (χ1) is 13.4. The van der Waals surface area contributed by atoms with Gasteiger partial charge >= 0.3 is 0 Å². The van der Waals surface area contributed by atoms with E-state index in [0.717, 1.165) is 22.2 Å². The maximum atomic E-state index is 13.5. The van der Waals surface area contributed by atoms with Gasteiger partial charge in [0.25, 0.3) is 5.91 Å². The topological polar surface area (TPSA) is 71.3 Å². The van der Waals surface area contributed by atoms with Gasteiger partial charge in [-0.25, -0.2) is 8.78 Å². The summed E-state index contributed by atoms with van der Waals surface area (Å²) in [7, 11) is 0. The first-order valence-corrected chi connectivity index (χ1v) is 9.06. The second-order valence-corrected chi connectivity index (χ2v) is 6.77. The van der Waals surface area contributed by atoms with Gasteiger partial charge in [0.15, 0.2) is 0 Å². The summed E-state index contributed by atoms with van der Waals surface area (Å²) < 4.78 is 33.0. The quantitative estimate of drug-likeness (QED) is 0.597. The van der Waals surface area contributed by atoms with Crippen molar-refractivity contribution in [1.29, 1.82) is 0 Å². The molecule has 3 aromatic rings. The number of hydrogen-bond acceptors (Lipinski definition) is 3. The van der Waals surface area contributed by atoms with Gasteiger partial charge in [-0.3, -0.25) is 9.59 Å². The summed E-state index contributed by atoms with van der Waals surface area (Å²) in [6, 6.07) is 13.7. The highest BCUT2D eigenvalue weighted by Gasteiger charge is 2.14. The molecule has 0 bridgehead atoms. The Balaban J connectivity index is 1.49. The number of carbonyl (C=O) groups excluding carboxylic acids is 2. The lowest BCUT2D eigenvalue weighted by Crippen LogP contribution is -2.36. The van der Waals surface area contributed by atoms with Crippen molar-refractivity contribution in [2.24, 2.45) is 0 Å². The van der Waals surface area contributed by atoms with Crippen molar-refractivity contribution in [3.05, 3.63) is 82.0 Å². The second kappa shape index (κ2) is 8.79. The van der Waals surface area contributed by atoms with E-state index in [4.69, 9.17) is 4.42 Å². The molecule has 0 saturated carbocycles. The molecule has 2 amide bonds. The SMILES string of the molecule is O=C(CNC(=O)c1ccc(F)cc1F)NCc1ccc(-c2ccc(Br)cc2)o1. The van der Waals surface area contributed by atoms with Crippen LogP contribution in [0.4, 0.5) is 8.78 Å². The molecule has 144 valence electrons. The van der Waals surface area contributed by atoms with E-state index >= 15 is 0 Å². The molecule has 28 heavy (non-hydrogen) atoms. The Morgan fingerprint density at radius 1 is 0.964 bits per heavy atom. The number of amides is 2. The smallest absolute Gasteiger partial charge is 0.254 e. The maximum Gasteiger partial charge on any atom is 0.254 e. The van der Waals surface area contributed by atoms with Crippen molar-refractivity contribution < 1.29 is 22.8 Å². The summed E-state index contributed by atoms with van der Waals surface area (Å²) in [5, 5.41) is 4.88. The molecule has 0 atom stereocenters. The molecular formula is C20H15BrF2N2O3. The molecule has 1 aromatic heterocycles. The summed E-state index contributed by atoms with van der Waals surface area (Å²) in [4.78, 5) is 23.7. The molecule has 2 N–H and O–H groups in total. The minimum Gasteiger partial charge on any atom is -0.459 e. The first kappa shape index (κ1) is 19.8. The van der Waals surface area contributed by atoms with Crippen LogP contribution in [0.15, 0.2) is 63.5 Å². The Labute approximate surface area is 167 Å². The van der Waals surface area contributed by atoms with Gasteiger partial charge in [0, 0.05) is 16.1 Å². The number of rotatable bonds is 6. The third kappa shape index (κ3) is 5.04. The van der Waals surface area contributed by atoms with Crippen molar-refractivity contribution in [3.63, 3.8) is 0 Å². The Hall–Kier alpha value is -3.00. The zero-order valence-electron chi connectivity index (χ0n) is 14.5. The minimum atomic E-state index is -0.992. The number of carbonyl (C=O) groups is 2.